The molecular formula is C23H24Cl2N2O7S. The Morgan fingerprint density at radius 2 is 1.37 bits per heavy atom. The van der Waals surface area contributed by atoms with Crippen LogP contribution in [0.25, 0.3) is 0 Å². The highest BCUT2D eigenvalue weighted by Gasteiger charge is 2.27. The fourth-order valence-electron chi connectivity index (χ4n) is 2.78. The van der Waals surface area contributed by atoms with Gasteiger partial charge in [-0.2, -0.15) is 11.8 Å². The Morgan fingerprint density at radius 1 is 0.829 bits per heavy atom. The maximum Gasteiger partial charge on any atom is 0.408 e. The van der Waals surface area contributed by atoms with Gasteiger partial charge < -0.3 is 24.8 Å². The Kier molecular flexibility index (Phi) is 11.7. The number of hydrogen-bond donors (Lipinski definition) is 2. The van der Waals surface area contributed by atoms with Crippen LogP contribution in [0.15, 0.2) is 48.5 Å². The summed E-state index contributed by atoms with van der Waals surface area (Å²) in [6.07, 6.45) is -0.809. The molecule has 0 spiro atoms. The molecule has 188 valence electrons. The fraction of sp³-hybridized carbons (Fsp3) is 0.304. The predicted octanol–water partition coefficient (Wildman–Crippen LogP) is 3.47. The van der Waals surface area contributed by atoms with Crippen LogP contribution < -0.4 is 10.6 Å². The van der Waals surface area contributed by atoms with Crippen LogP contribution in [0.4, 0.5) is 4.79 Å². The van der Waals surface area contributed by atoms with Crippen molar-refractivity contribution in [2.24, 2.45) is 0 Å². The molecular weight excluding hydrogens is 519 g/mol. The second-order valence-electron chi connectivity index (χ2n) is 6.97. The maximum absolute atomic E-state index is 12.7. The Bertz CT molecular complexity index is 1020. The first-order valence-electron chi connectivity index (χ1n) is 10.2. The van der Waals surface area contributed by atoms with Crippen molar-refractivity contribution in [1.29, 1.82) is 0 Å². The van der Waals surface area contributed by atoms with Gasteiger partial charge in [-0.1, -0.05) is 59.6 Å². The maximum atomic E-state index is 12.7. The highest BCUT2D eigenvalue weighted by molar-refractivity contribution is 7.99. The smallest absolute Gasteiger partial charge is 0.408 e. The Balaban J connectivity index is 1.96. The second kappa shape index (κ2) is 14.4. The molecule has 0 aliphatic carbocycles. The molecule has 2 aromatic carbocycles. The van der Waals surface area contributed by atoms with Crippen LogP contribution in [0.1, 0.15) is 15.9 Å². The minimum absolute atomic E-state index is 0.0185. The summed E-state index contributed by atoms with van der Waals surface area (Å²) >= 11 is 13.2. The van der Waals surface area contributed by atoms with Crippen molar-refractivity contribution in [3.8, 4) is 0 Å². The van der Waals surface area contributed by atoms with Crippen molar-refractivity contribution >= 4 is 58.9 Å². The number of esters is 2. The first-order chi connectivity index (χ1) is 16.8. The lowest BCUT2D eigenvalue weighted by Gasteiger charge is -2.19. The molecule has 2 N–H and O–H groups in total. The first-order valence-corrected chi connectivity index (χ1v) is 12.1. The lowest BCUT2D eigenvalue weighted by atomic mass is 10.2. The lowest BCUT2D eigenvalue weighted by Crippen LogP contribution is -2.45. The van der Waals surface area contributed by atoms with Crippen molar-refractivity contribution in [3.63, 3.8) is 0 Å². The highest BCUT2D eigenvalue weighted by Crippen LogP contribution is 2.24. The zero-order valence-corrected chi connectivity index (χ0v) is 21.2. The molecule has 9 nitrogen and oxygen atoms in total. The van der Waals surface area contributed by atoms with Crippen LogP contribution in [-0.4, -0.2) is 61.7 Å². The van der Waals surface area contributed by atoms with Gasteiger partial charge in [-0.3, -0.25) is 4.79 Å². The third-order valence-corrected chi connectivity index (χ3v) is 6.31. The summed E-state index contributed by atoms with van der Waals surface area (Å²) in [5.74, 6) is -2.02. The Hall–Kier alpha value is -2.95. The van der Waals surface area contributed by atoms with Crippen molar-refractivity contribution < 1.29 is 33.4 Å². The molecule has 0 unspecified atom stereocenters. The molecule has 0 aliphatic heterocycles. The molecule has 0 aliphatic rings. The van der Waals surface area contributed by atoms with E-state index in [0.29, 0.717) is 0 Å². The summed E-state index contributed by atoms with van der Waals surface area (Å²) in [5.41, 5.74) is 0.798. The van der Waals surface area contributed by atoms with Gasteiger partial charge in [-0.25, -0.2) is 14.4 Å². The van der Waals surface area contributed by atoms with Gasteiger partial charge >= 0.3 is 18.0 Å². The second-order valence-corrected chi connectivity index (χ2v) is 8.85. The SMILES string of the molecule is COC(=O)[C@H](CSC[C@H](NC(=O)c1c(Cl)cccc1Cl)C(=O)OC)NC(=O)OCc1ccccc1. The topological polar surface area (TPSA) is 120 Å². The summed E-state index contributed by atoms with van der Waals surface area (Å²) in [6, 6.07) is 11.5. The average molecular weight is 543 g/mol. The molecule has 0 saturated heterocycles. The van der Waals surface area contributed by atoms with Crippen molar-refractivity contribution in [1.82, 2.24) is 10.6 Å². The molecule has 0 saturated carbocycles. The van der Waals surface area contributed by atoms with Gasteiger partial charge in [0.05, 0.1) is 29.8 Å². The largest absolute Gasteiger partial charge is 0.467 e. The monoisotopic (exact) mass is 542 g/mol. The summed E-state index contributed by atoms with van der Waals surface area (Å²) in [7, 11) is 2.36. The standard InChI is InChI=1S/C23H24Cl2N2O7S/c1-32-21(29)17(26-20(28)19-15(24)9-6-10-16(19)25)12-35-13-18(22(30)33-2)27-23(31)34-11-14-7-4-3-5-8-14/h3-10,17-18H,11-13H2,1-2H3,(H,26,28)(H,27,31)/t17-,18-/m0/s1. The number of ether oxygens (including phenoxy) is 3. The number of alkyl carbamates (subject to hydrolysis) is 1. The summed E-state index contributed by atoms with van der Waals surface area (Å²) in [5, 5.41) is 5.21. The molecule has 2 aromatic rings. The lowest BCUT2D eigenvalue weighted by molar-refractivity contribution is -0.142. The summed E-state index contributed by atoms with van der Waals surface area (Å²) < 4.78 is 14.6. The minimum atomic E-state index is -1.08. The van der Waals surface area contributed by atoms with E-state index in [1.165, 1.54) is 26.4 Å². The third kappa shape index (κ3) is 8.97. The molecule has 0 bridgehead atoms. The van der Waals surface area contributed by atoms with E-state index in [1.807, 2.05) is 6.07 Å². The van der Waals surface area contributed by atoms with Gasteiger partial charge in [0.1, 0.15) is 18.7 Å². The van der Waals surface area contributed by atoms with E-state index in [9.17, 15) is 19.2 Å². The van der Waals surface area contributed by atoms with Crippen molar-refractivity contribution in [3.05, 3.63) is 69.7 Å². The zero-order chi connectivity index (χ0) is 25.8. The number of benzene rings is 2. The molecule has 0 radical (unpaired) electrons. The van der Waals surface area contributed by atoms with E-state index in [-0.39, 0.29) is 33.7 Å². The third-order valence-electron chi connectivity index (χ3n) is 4.54. The van der Waals surface area contributed by atoms with Crippen LogP contribution in [0.2, 0.25) is 10.0 Å². The Labute approximate surface area is 216 Å². The number of amides is 2. The molecule has 0 fully saturated rings. The quantitative estimate of drug-likeness (QED) is 0.327. The summed E-state index contributed by atoms with van der Waals surface area (Å²) in [6.45, 7) is 0.0226. The predicted molar refractivity (Wildman–Crippen MR) is 133 cm³/mol. The van der Waals surface area contributed by atoms with E-state index in [4.69, 9.17) is 37.4 Å². The van der Waals surface area contributed by atoms with E-state index < -0.39 is 36.0 Å². The fourth-order valence-corrected chi connectivity index (χ4v) is 4.39. The first kappa shape index (κ1) is 28.3. The van der Waals surface area contributed by atoms with Gasteiger partial charge in [-0.05, 0) is 17.7 Å². The normalized spacial score (nSPS) is 12.1. The minimum Gasteiger partial charge on any atom is -0.467 e. The van der Waals surface area contributed by atoms with Crippen LogP contribution >= 0.6 is 35.0 Å². The van der Waals surface area contributed by atoms with E-state index >= 15 is 0 Å². The molecule has 2 rings (SSSR count). The molecule has 0 aromatic heterocycles. The highest BCUT2D eigenvalue weighted by atomic mass is 35.5. The number of halogens is 2. The molecule has 2 amide bonds. The van der Waals surface area contributed by atoms with Crippen LogP contribution in [0, 0.1) is 0 Å². The van der Waals surface area contributed by atoms with Crippen LogP contribution in [0.3, 0.4) is 0 Å². The number of carbonyl (C=O) groups is 4. The van der Waals surface area contributed by atoms with Gasteiger partial charge in [0.25, 0.3) is 5.91 Å². The van der Waals surface area contributed by atoms with E-state index in [0.717, 1.165) is 17.3 Å². The number of methoxy groups -OCH3 is 2. The number of rotatable bonds is 11. The molecule has 0 heterocycles. The number of carbonyl (C=O) groups excluding carboxylic acids is 4. The average Bonchev–Trinajstić information content (AvgIpc) is 2.85. The van der Waals surface area contributed by atoms with Crippen LogP contribution in [-0.2, 0) is 30.4 Å². The summed E-state index contributed by atoms with van der Waals surface area (Å²) in [4.78, 5) is 49.2. The van der Waals surface area contributed by atoms with Gasteiger partial charge in [0.15, 0.2) is 0 Å². The number of hydrogen-bond acceptors (Lipinski definition) is 8. The van der Waals surface area contributed by atoms with Crippen LogP contribution in [0.5, 0.6) is 0 Å². The van der Waals surface area contributed by atoms with Crippen molar-refractivity contribution in [2.45, 2.75) is 18.7 Å². The Morgan fingerprint density at radius 3 is 1.91 bits per heavy atom. The molecule has 2 atom stereocenters. The van der Waals surface area contributed by atoms with E-state index in [1.54, 1.807) is 30.3 Å². The number of nitrogens with one attached hydrogen (secondary N) is 2. The molecule has 35 heavy (non-hydrogen) atoms. The molecule has 12 heteroatoms. The van der Waals surface area contributed by atoms with Gasteiger partial charge in [-0.15, -0.1) is 0 Å². The number of thioether (sulfide) groups is 1. The van der Waals surface area contributed by atoms with Crippen molar-refractivity contribution in [2.75, 3.05) is 25.7 Å². The zero-order valence-electron chi connectivity index (χ0n) is 18.9. The van der Waals surface area contributed by atoms with Gasteiger partial charge in [0.2, 0.25) is 0 Å². The van der Waals surface area contributed by atoms with Gasteiger partial charge in [0, 0.05) is 11.5 Å². The van der Waals surface area contributed by atoms with E-state index in [2.05, 4.69) is 10.6 Å².